The lowest BCUT2D eigenvalue weighted by Gasteiger charge is -2.36. The van der Waals surface area contributed by atoms with Crippen molar-refractivity contribution in [1.82, 2.24) is 0 Å². The maximum absolute atomic E-state index is 9.33. The lowest BCUT2D eigenvalue weighted by atomic mass is 9.91. The van der Waals surface area contributed by atoms with E-state index >= 15 is 0 Å². The summed E-state index contributed by atoms with van der Waals surface area (Å²) in [5.41, 5.74) is 0. The van der Waals surface area contributed by atoms with Crippen LogP contribution in [0.4, 0.5) is 0 Å². The molecule has 1 fully saturated rings. The Morgan fingerprint density at radius 3 is 2.50 bits per heavy atom. The van der Waals surface area contributed by atoms with Gasteiger partial charge in [-0.05, 0) is 13.3 Å². The number of ether oxygens (including phenoxy) is 1. The van der Waals surface area contributed by atoms with Crippen molar-refractivity contribution in [3.05, 3.63) is 0 Å². The molecule has 0 aromatic heterocycles. The van der Waals surface area contributed by atoms with Gasteiger partial charge in [0.05, 0.1) is 12.7 Å². The molecule has 10 heavy (non-hydrogen) atoms. The lowest BCUT2D eigenvalue weighted by molar-refractivity contribution is -0.255. The molecule has 1 saturated carbocycles. The van der Waals surface area contributed by atoms with Crippen LogP contribution in [0.15, 0.2) is 0 Å². The van der Waals surface area contributed by atoms with E-state index < -0.39 is 11.9 Å². The van der Waals surface area contributed by atoms with Crippen LogP contribution < -0.4 is 0 Å². The van der Waals surface area contributed by atoms with Crippen molar-refractivity contribution in [2.75, 3.05) is 6.61 Å². The molecular formula is C7H14O3. The van der Waals surface area contributed by atoms with Crippen molar-refractivity contribution in [3.8, 4) is 0 Å². The minimum Gasteiger partial charge on any atom is -0.391 e. The van der Waals surface area contributed by atoms with Gasteiger partial charge < -0.3 is 14.9 Å². The summed E-state index contributed by atoms with van der Waals surface area (Å²) in [6, 6.07) is 0. The predicted molar refractivity (Wildman–Crippen MR) is 36.4 cm³/mol. The van der Waals surface area contributed by atoms with Crippen LogP contribution in [-0.4, -0.2) is 28.7 Å². The predicted octanol–water partition coefficient (Wildman–Crippen LogP) is 0.256. The second kappa shape index (κ2) is 2.86. The van der Waals surface area contributed by atoms with Crippen molar-refractivity contribution < 1.29 is 14.9 Å². The molecule has 0 heterocycles. The van der Waals surface area contributed by atoms with E-state index in [2.05, 4.69) is 0 Å². The molecule has 1 aliphatic carbocycles. The molecule has 1 atom stereocenters. The van der Waals surface area contributed by atoms with Crippen LogP contribution in [0.25, 0.3) is 0 Å². The highest BCUT2D eigenvalue weighted by atomic mass is 16.6. The van der Waals surface area contributed by atoms with Crippen molar-refractivity contribution >= 4 is 0 Å². The molecule has 0 aliphatic heterocycles. The fraction of sp³-hybridized carbons (Fsp3) is 1.00. The van der Waals surface area contributed by atoms with Crippen LogP contribution in [-0.2, 0) is 4.74 Å². The molecule has 0 aromatic rings. The normalized spacial score (nSPS) is 25.5. The smallest absolute Gasteiger partial charge is 0.165 e. The summed E-state index contributed by atoms with van der Waals surface area (Å²) in [4.78, 5) is 0. The highest BCUT2D eigenvalue weighted by Crippen LogP contribution is 2.32. The van der Waals surface area contributed by atoms with Crippen LogP contribution in [0.1, 0.15) is 26.2 Å². The molecule has 1 rings (SSSR count). The first kappa shape index (κ1) is 7.98. The monoisotopic (exact) mass is 146 g/mol. The highest BCUT2D eigenvalue weighted by molar-refractivity contribution is 4.77. The van der Waals surface area contributed by atoms with Crippen molar-refractivity contribution in [1.29, 1.82) is 0 Å². The Balaban J connectivity index is 2.12. The van der Waals surface area contributed by atoms with E-state index in [0.717, 1.165) is 6.42 Å². The number of rotatable bonds is 3. The largest absolute Gasteiger partial charge is 0.391 e. The van der Waals surface area contributed by atoms with Gasteiger partial charge in [-0.15, -0.1) is 0 Å². The Morgan fingerprint density at radius 2 is 2.20 bits per heavy atom. The standard InChI is InChI=1S/C7H14O3/c1-6(8)5-10-7(9)3-2-4-7/h6,8-9H,2-5H2,1H3. The molecule has 1 aliphatic rings. The number of hydrogen-bond donors (Lipinski definition) is 2. The van der Waals surface area contributed by atoms with E-state index in [1.165, 1.54) is 0 Å². The van der Waals surface area contributed by atoms with Crippen LogP contribution in [0.3, 0.4) is 0 Å². The first-order valence-electron chi connectivity index (χ1n) is 3.67. The van der Waals surface area contributed by atoms with Crippen LogP contribution in [0, 0.1) is 0 Å². The second-order valence-electron chi connectivity index (χ2n) is 2.96. The third kappa shape index (κ3) is 1.94. The molecule has 0 radical (unpaired) electrons. The van der Waals surface area contributed by atoms with Crippen molar-refractivity contribution in [2.24, 2.45) is 0 Å². The average molecular weight is 146 g/mol. The molecule has 0 amide bonds. The molecule has 0 aromatic carbocycles. The average Bonchev–Trinajstić information content (AvgIpc) is 1.79. The zero-order chi connectivity index (χ0) is 7.61. The number of aliphatic hydroxyl groups is 2. The first-order valence-corrected chi connectivity index (χ1v) is 3.67. The van der Waals surface area contributed by atoms with E-state index in [4.69, 9.17) is 9.84 Å². The number of aliphatic hydroxyl groups excluding tert-OH is 1. The summed E-state index contributed by atoms with van der Waals surface area (Å²) >= 11 is 0. The molecule has 3 nitrogen and oxygen atoms in total. The summed E-state index contributed by atoms with van der Waals surface area (Å²) < 4.78 is 5.03. The van der Waals surface area contributed by atoms with E-state index in [0.29, 0.717) is 12.8 Å². The molecule has 0 spiro atoms. The Labute approximate surface area is 60.6 Å². The Hall–Kier alpha value is -0.120. The van der Waals surface area contributed by atoms with Gasteiger partial charge in [-0.2, -0.15) is 0 Å². The fourth-order valence-corrected chi connectivity index (χ4v) is 0.899. The Bertz CT molecular complexity index is 107. The zero-order valence-corrected chi connectivity index (χ0v) is 6.21. The summed E-state index contributed by atoms with van der Waals surface area (Å²) in [6.45, 7) is 1.87. The zero-order valence-electron chi connectivity index (χ0n) is 6.21. The van der Waals surface area contributed by atoms with Crippen LogP contribution in [0.5, 0.6) is 0 Å². The van der Waals surface area contributed by atoms with Gasteiger partial charge in [-0.25, -0.2) is 0 Å². The van der Waals surface area contributed by atoms with Gasteiger partial charge in [0, 0.05) is 12.8 Å². The summed E-state index contributed by atoms with van der Waals surface area (Å²) in [6.07, 6.45) is 1.96. The van der Waals surface area contributed by atoms with Gasteiger partial charge >= 0.3 is 0 Å². The third-order valence-electron chi connectivity index (χ3n) is 1.73. The topological polar surface area (TPSA) is 49.7 Å². The SMILES string of the molecule is CC(O)COC1(O)CCC1. The van der Waals surface area contributed by atoms with E-state index in [1.54, 1.807) is 6.92 Å². The molecule has 60 valence electrons. The quantitative estimate of drug-likeness (QED) is 0.561. The molecule has 0 bridgehead atoms. The number of hydrogen-bond acceptors (Lipinski definition) is 3. The minimum atomic E-state index is -0.906. The van der Waals surface area contributed by atoms with Gasteiger partial charge in [0.25, 0.3) is 0 Å². The van der Waals surface area contributed by atoms with E-state index in [1.807, 2.05) is 0 Å². The van der Waals surface area contributed by atoms with Gasteiger partial charge in [0.15, 0.2) is 5.79 Å². The molecular weight excluding hydrogens is 132 g/mol. The van der Waals surface area contributed by atoms with Crippen LogP contribution >= 0.6 is 0 Å². The highest BCUT2D eigenvalue weighted by Gasteiger charge is 2.35. The molecule has 3 heteroatoms. The Kier molecular flexibility index (Phi) is 2.28. The van der Waals surface area contributed by atoms with Gasteiger partial charge in [-0.1, -0.05) is 0 Å². The fourth-order valence-electron chi connectivity index (χ4n) is 0.899. The maximum Gasteiger partial charge on any atom is 0.165 e. The summed E-state index contributed by atoms with van der Waals surface area (Å²) in [5, 5.41) is 18.1. The molecule has 1 unspecified atom stereocenters. The van der Waals surface area contributed by atoms with E-state index in [9.17, 15) is 5.11 Å². The third-order valence-corrected chi connectivity index (χ3v) is 1.73. The molecule has 2 N–H and O–H groups in total. The van der Waals surface area contributed by atoms with Crippen LogP contribution in [0.2, 0.25) is 0 Å². The summed E-state index contributed by atoms with van der Waals surface area (Å²) in [7, 11) is 0. The van der Waals surface area contributed by atoms with E-state index in [-0.39, 0.29) is 6.61 Å². The maximum atomic E-state index is 9.33. The lowest BCUT2D eigenvalue weighted by Crippen LogP contribution is -2.41. The van der Waals surface area contributed by atoms with Gasteiger partial charge in [0.1, 0.15) is 0 Å². The summed E-state index contributed by atoms with van der Waals surface area (Å²) in [5.74, 6) is -0.906. The Morgan fingerprint density at radius 1 is 1.60 bits per heavy atom. The van der Waals surface area contributed by atoms with Gasteiger partial charge in [-0.3, -0.25) is 0 Å². The van der Waals surface area contributed by atoms with Crippen molar-refractivity contribution in [3.63, 3.8) is 0 Å². The minimum absolute atomic E-state index is 0.233. The molecule has 0 saturated heterocycles. The van der Waals surface area contributed by atoms with Gasteiger partial charge in [0.2, 0.25) is 0 Å². The first-order chi connectivity index (χ1) is 4.62. The van der Waals surface area contributed by atoms with Crippen molar-refractivity contribution in [2.45, 2.75) is 38.1 Å². The second-order valence-corrected chi connectivity index (χ2v) is 2.96.